The lowest BCUT2D eigenvalue weighted by molar-refractivity contribution is 0.0950. The van der Waals surface area contributed by atoms with Crippen molar-refractivity contribution in [2.45, 2.75) is 13.0 Å². The average molecular weight is 392 g/mol. The quantitative estimate of drug-likeness (QED) is 0.865. The van der Waals surface area contributed by atoms with Gasteiger partial charge < -0.3 is 19.5 Å². The molecule has 1 heterocycles. The first-order valence-corrected chi connectivity index (χ1v) is 8.47. The topological polar surface area (TPSA) is 56.8 Å². The standard InChI is InChI=1S/C18H18BrNO4/c1-22-15-10-17-16(23-7-2-8-24-17)9-13(15)11-20-18(21)12-3-5-14(19)6-4-12/h3-6,9-10H,2,7-8,11H2,1H3,(H,20,21). The fourth-order valence-electron chi connectivity index (χ4n) is 2.44. The molecule has 3 rings (SSSR count). The lowest BCUT2D eigenvalue weighted by Gasteiger charge is -2.14. The predicted molar refractivity (Wildman–Crippen MR) is 93.9 cm³/mol. The molecule has 0 aromatic heterocycles. The highest BCUT2D eigenvalue weighted by Gasteiger charge is 2.16. The van der Waals surface area contributed by atoms with Gasteiger partial charge in [0.25, 0.3) is 5.91 Å². The van der Waals surface area contributed by atoms with Crippen molar-refractivity contribution in [2.24, 2.45) is 0 Å². The van der Waals surface area contributed by atoms with E-state index in [1.165, 1.54) is 0 Å². The fraction of sp³-hybridized carbons (Fsp3) is 0.278. The van der Waals surface area contributed by atoms with E-state index in [0.29, 0.717) is 42.6 Å². The molecular formula is C18H18BrNO4. The molecule has 0 aliphatic carbocycles. The van der Waals surface area contributed by atoms with E-state index in [4.69, 9.17) is 14.2 Å². The normalized spacial score (nSPS) is 13.1. The minimum absolute atomic E-state index is 0.142. The van der Waals surface area contributed by atoms with Gasteiger partial charge in [-0.15, -0.1) is 0 Å². The molecule has 2 aromatic carbocycles. The smallest absolute Gasteiger partial charge is 0.251 e. The molecule has 0 radical (unpaired) electrons. The summed E-state index contributed by atoms with van der Waals surface area (Å²) in [5.74, 6) is 1.88. The Morgan fingerprint density at radius 1 is 1.17 bits per heavy atom. The van der Waals surface area contributed by atoms with Gasteiger partial charge in [-0.2, -0.15) is 0 Å². The highest BCUT2D eigenvalue weighted by Crippen LogP contribution is 2.36. The molecule has 0 saturated heterocycles. The molecule has 0 atom stereocenters. The van der Waals surface area contributed by atoms with Gasteiger partial charge in [-0.05, 0) is 30.3 Å². The van der Waals surface area contributed by atoms with E-state index >= 15 is 0 Å². The summed E-state index contributed by atoms with van der Waals surface area (Å²) in [5.41, 5.74) is 1.44. The Morgan fingerprint density at radius 3 is 2.50 bits per heavy atom. The van der Waals surface area contributed by atoms with Crippen molar-refractivity contribution in [1.29, 1.82) is 0 Å². The third-order valence-electron chi connectivity index (χ3n) is 3.70. The Bertz CT molecular complexity index is 731. The number of rotatable bonds is 4. The molecule has 1 aliphatic heterocycles. The molecular weight excluding hydrogens is 374 g/mol. The maximum Gasteiger partial charge on any atom is 0.251 e. The predicted octanol–water partition coefficient (Wildman–Crippen LogP) is 3.55. The summed E-state index contributed by atoms with van der Waals surface area (Å²) < 4.78 is 17.7. The first-order chi connectivity index (χ1) is 11.7. The van der Waals surface area contributed by atoms with Crippen molar-refractivity contribution in [3.63, 3.8) is 0 Å². The molecule has 1 aliphatic rings. The van der Waals surface area contributed by atoms with Crippen LogP contribution in [0.1, 0.15) is 22.3 Å². The van der Waals surface area contributed by atoms with Gasteiger partial charge in [-0.1, -0.05) is 15.9 Å². The first kappa shape index (κ1) is 16.6. The number of methoxy groups -OCH3 is 1. The molecule has 2 aromatic rings. The van der Waals surface area contributed by atoms with Crippen LogP contribution in [0.5, 0.6) is 17.2 Å². The minimum Gasteiger partial charge on any atom is -0.496 e. The van der Waals surface area contributed by atoms with Crippen molar-refractivity contribution in [2.75, 3.05) is 20.3 Å². The van der Waals surface area contributed by atoms with Crippen molar-refractivity contribution >= 4 is 21.8 Å². The summed E-state index contributed by atoms with van der Waals surface area (Å²) in [7, 11) is 1.60. The van der Waals surface area contributed by atoms with Gasteiger partial charge in [0.1, 0.15) is 5.75 Å². The minimum atomic E-state index is -0.142. The SMILES string of the molecule is COc1cc2c(cc1CNC(=O)c1ccc(Br)cc1)OCCCO2. The number of carbonyl (C=O) groups excluding carboxylic acids is 1. The zero-order valence-corrected chi connectivity index (χ0v) is 14.9. The highest BCUT2D eigenvalue weighted by atomic mass is 79.9. The molecule has 5 nitrogen and oxygen atoms in total. The first-order valence-electron chi connectivity index (χ1n) is 7.67. The second-order valence-corrected chi connectivity index (χ2v) is 6.27. The van der Waals surface area contributed by atoms with Crippen LogP contribution in [0.2, 0.25) is 0 Å². The number of amides is 1. The zero-order chi connectivity index (χ0) is 16.9. The molecule has 0 fully saturated rings. The molecule has 0 bridgehead atoms. The van der Waals surface area contributed by atoms with Crippen LogP contribution in [0.3, 0.4) is 0 Å². The summed E-state index contributed by atoms with van der Waals surface area (Å²) in [6.45, 7) is 1.58. The number of nitrogens with one attached hydrogen (secondary N) is 1. The van der Waals surface area contributed by atoms with Gasteiger partial charge in [-0.3, -0.25) is 4.79 Å². The van der Waals surface area contributed by atoms with E-state index in [2.05, 4.69) is 21.2 Å². The number of ether oxygens (including phenoxy) is 3. The monoisotopic (exact) mass is 391 g/mol. The number of fused-ring (bicyclic) bond motifs is 1. The van der Waals surface area contributed by atoms with E-state index in [-0.39, 0.29) is 5.91 Å². The zero-order valence-electron chi connectivity index (χ0n) is 13.3. The molecule has 0 saturated carbocycles. The average Bonchev–Trinajstić information content (AvgIpc) is 2.84. The Morgan fingerprint density at radius 2 is 1.83 bits per heavy atom. The van der Waals surface area contributed by atoms with Gasteiger partial charge >= 0.3 is 0 Å². The molecule has 0 spiro atoms. The van der Waals surface area contributed by atoms with Gasteiger partial charge in [0.2, 0.25) is 0 Å². The molecule has 6 heteroatoms. The van der Waals surface area contributed by atoms with Gasteiger partial charge in [0, 0.05) is 34.6 Å². The second kappa shape index (κ2) is 7.57. The Labute approximate surface area is 149 Å². The fourth-order valence-corrected chi connectivity index (χ4v) is 2.70. The number of hydrogen-bond acceptors (Lipinski definition) is 4. The molecule has 1 amide bonds. The van der Waals surface area contributed by atoms with Gasteiger partial charge in [0.05, 0.1) is 20.3 Å². The van der Waals surface area contributed by atoms with Gasteiger partial charge in [-0.25, -0.2) is 0 Å². The van der Waals surface area contributed by atoms with Crippen LogP contribution in [-0.2, 0) is 6.54 Å². The molecule has 0 unspecified atom stereocenters. The molecule has 126 valence electrons. The molecule has 24 heavy (non-hydrogen) atoms. The van der Waals surface area contributed by atoms with Crippen molar-refractivity contribution in [3.05, 3.63) is 52.0 Å². The van der Waals surface area contributed by atoms with Gasteiger partial charge in [0.15, 0.2) is 11.5 Å². The van der Waals surface area contributed by atoms with E-state index in [9.17, 15) is 4.79 Å². The largest absolute Gasteiger partial charge is 0.496 e. The lowest BCUT2D eigenvalue weighted by atomic mass is 10.1. The lowest BCUT2D eigenvalue weighted by Crippen LogP contribution is -2.23. The number of hydrogen-bond donors (Lipinski definition) is 1. The van der Waals surface area contributed by atoms with Crippen LogP contribution in [-0.4, -0.2) is 26.2 Å². The Kier molecular flexibility index (Phi) is 5.25. The number of carbonyl (C=O) groups is 1. The van der Waals surface area contributed by atoms with Crippen LogP contribution < -0.4 is 19.5 Å². The van der Waals surface area contributed by atoms with E-state index in [0.717, 1.165) is 16.5 Å². The van der Waals surface area contributed by atoms with E-state index in [1.807, 2.05) is 24.3 Å². The summed E-state index contributed by atoms with van der Waals surface area (Å²) >= 11 is 3.36. The van der Waals surface area contributed by atoms with Crippen LogP contribution in [0, 0.1) is 0 Å². The number of halogens is 1. The maximum atomic E-state index is 12.2. The second-order valence-electron chi connectivity index (χ2n) is 5.35. The molecule has 1 N–H and O–H groups in total. The Hall–Kier alpha value is -2.21. The summed E-state index contributed by atoms with van der Waals surface area (Å²) in [4.78, 5) is 12.2. The van der Waals surface area contributed by atoms with Crippen molar-refractivity contribution in [1.82, 2.24) is 5.32 Å². The van der Waals surface area contributed by atoms with Crippen LogP contribution in [0.25, 0.3) is 0 Å². The van der Waals surface area contributed by atoms with Crippen LogP contribution in [0.4, 0.5) is 0 Å². The Balaban J connectivity index is 1.75. The number of benzene rings is 2. The summed E-state index contributed by atoms with van der Waals surface area (Å²) in [6, 6.07) is 10.9. The summed E-state index contributed by atoms with van der Waals surface area (Å²) in [6.07, 6.45) is 0.840. The summed E-state index contributed by atoms with van der Waals surface area (Å²) in [5, 5.41) is 2.90. The van der Waals surface area contributed by atoms with Crippen molar-refractivity contribution < 1.29 is 19.0 Å². The van der Waals surface area contributed by atoms with Crippen LogP contribution >= 0.6 is 15.9 Å². The van der Waals surface area contributed by atoms with Crippen LogP contribution in [0.15, 0.2) is 40.9 Å². The third kappa shape index (κ3) is 3.82. The third-order valence-corrected chi connectivity index (χ3v) is 4.23. The van der Waals surface area contributed by atoms with E-state index in [1.54, 1.807) is 19.2 Å². The van der Waals surface area contributed by atoms with E-state index < -0.39 is 0 Å². The maximum absolute atomic E-state index is 12.2. The highest BCUT2D eigenvalue weighted by molar-refractivity contribution is 9.10. The van der Waals surface area contributed by atoms with Crippen molar-refractivity contribution in [3.8, 4) is 17.2 Å².